The minimum Gasteiger partial charge on any atom is -0.475 e. The molecule has 2 unspecified atom stereocenters. The first-order valence-electron chi connectivity index (χ1n) is 11.5. The first-order chi connectivity index (χ1) is 17.4. The van der Waals surface area contributed by atoms with Crippen LogP contribution in [0.1, 0.15) is 29.9 Å². The van der Waals surface area contributed by atoms with Crippen LogP contribution >= 0.6 is 0 Å². The van der Waals surface area contributed by atoms with E-state index in [9.17, 15) is 18.0 Å². The van der Waals surface area contributed by atoms with E-state index >= 15 is 0 Å². The lowest BCUT2D eigenvalue weighted by molar-refractivity contribution is -0.192. The second kappa shape index (κ2) is 11.9. The number of amides is 1. The lowest BCUT2D eigenvalue weighted by Crippen LogP contribution is -2.48. The van der Waals surface area contributed by atoms with E-state index in [-0.39, 0.29) is 18.1 Å². The van der Waals surface area contributed by atoms with E-state index in [0.717, 1.165) is 11.1 Å². The van der Waals surface area contributed by atoms with Crippen LogP contribution in [0.2, 0.25) is 0 Å². The van der Waals surface area contributed by atoms with Crippen molar-refractivity contribution >= 4 is 17.8 Å². The number of carboxylic acid groups (broad SMARTS) is 1. The maximum absolute atomic E-state index is 13.0. The van der Waals surface area contributed by atoms with Crippen LogP contribution in [0.5, 0.6) is 0 Å². The molecule has 1 fully saturated rings. The fourth-order valence-electron chi connectivity index (χ4n) is 3.79. The lowest BCUT2D eigenvalue weighted by atomic mass is 10.1. The summed E-state index contributed by atoms with van der Waals surface area (Å²) in [5.41, 5.74) is 3.61. The first kappa shape index (κ1) is 27.7. The van der Waals surface area contributed by atoms with Crippen LogP contribution in [-0.2, 0) is 23.1 Å². The minimum atomic E-state index is -5.08. The van der Waals surface area contributed by atoms with Gasteiger partial charge in [0.1, 0.15) is 5.69 Å². The van der Waals surface area contributed by atoms with Crippen LogP contribution in [0.4, 0.5) is 19.1 Å². The Kier molecular flexibility index (Phi) is 8.87. The number of aromatic nitrogens is 3. The summed E-state index contributed by atoms with van der Waals surface area (Å²) in [5, 5.41) is 10.4. The molecule has 2 aromatic heterocycles. The molecule has 0 bridgehead atoms. The van der Waals surface area contributed by atoms with Crippen molar-refractivity contribution in [3.63, 3.8) is 0 Å². The number of nitrogens with one attached hydrogen (secondary N) is 1. The van der Waals surface area contributed by atoms with Crippen molar-refractivity contribution in [2.75, 3.05) is 18.4 Å². The molecule has 1 aliphatic rings. The minimum absolute atomic E-state index is 0.0211. The molecular weight excluding hydrogens is 491 g/mol. The number of aryl methyl sites for hydroxylation is 1. The Morgan fingerprint density at radius 3 is 2.19 bits per heavy atom. The number of ether oxygens (including phenoxy) is 1. The van der Waals surface area contributed by atoms with Gasteiger partial charge in [-0.1, -0.05) is 30.3 Å². The Morgan fingerprint density at radius 1 is 1.08 bits per heavy atom. The molecule has 1 aliphatic heterocycles. The van der Waals surface area contributed by atoms with Crippen LogP contribution in [0.25, 0.3) is 11.1 Å². The third-order valence-corrected chi connectivity index (χ3v) is 5.45. The van der Waals surface area contributed by atoms with Gasteiger partial charge >= 0.3 is 12.1 Å². The highest BCUT2D eigenvalue weighted by Gasteiger charge is 2.38. The van der Waals surface area contributed by atoms with Gasteiger partial charge in [-0.2, -0.15) is 13.2 Å². The molecule has 1 amide bonds. The van der Waals surface area contributed by atoms with Crippen molar-refractivity contribution < 1.29 is 32.6 Å². The van der Waals surface area contributed by atoms with Crippen LogP contribution in [0.15, 0.2) is 55.0 Å². The molecule has 0 spiro atoms. The quantitative estimate of drug-likeness (QED) is 0.525. The van der Waals surface area contributed by atoms with E-state index in [0.29, 0.717) is 31.3 Å². The third-order valence-electron chi connectivity index (χ3n) is 5.45. The number of halogens is 3. The molecule has 0 saturated carbocycles. The fourth-order valence-corrected chi connectivity index (χ4v) is 3.79. The summed E-state index contributed by atoms with van der Waals surface area (Å²) in [6, 6.07) is 12.0. The van der Waals surface area contributed by atoms with Crippen LogP contribution in [0.3, 0.4) is 0 Å². The summed E-state index contributed by atoms with van der Waals surface area (Å²) in [6.07, 6.45) is 0.505. The second-order valence-electron chi connectivity index (χ2n) is 8.63. The Morgan fingerprint density at radius 2 is 1.65 bits per heavy atom. The van der Waals surface area contributed by atoms with Gasteiger partial charge in [-0.25, -0.2) is 14.8 Å². The van der Waals surface area contributed by atoms with Gasteiger partial charge in [0.2, 0.25) is 5.95 Å². The van der Waals surface area contributed by atoms with Crippen molar-refractivity contribution in [3.05, 3.63) is 66.2 Å². The number of carbonyl (C=O) groups excluding carboxylic acids is 1. The SMILES string of the molecule is CC1CN(C(=O)c2cc(-c3cnc(NCc4ccccc4)nc3)cn2C)CC(C)O1.O=C(O)C(F)(F)F. The van der Waals surface area contributed by atoms with Gasteiger partial charge in [-0.3, -0.25) is 4.79 Å². The smallest absolute Gasteiger partial charge is 0.475 e. The Balaban J connectivity index is 0.000000479. The molecule has 2 N–H and O–H groups in total. The number of carboxylic acids is 1. The number of benzene rings is 1. The summed E-state index contributed by atoms with van der Waals surface area (Å²) in [6.45, 7) is 5.87. The average Bonchev–Trinajstić information content (AvgIpc) is 3.24. The number of morpholine rings is 1. The zero-order valence-corrected chi connectivity index (χ0v) is 20.6. The molecule has 0 radical (unpaired) electrons. The number of rotatable bonds is 5. The molecule has 3 heterocycles. The van der Waals surface area contributed by atoms with Gasteiger partial charge in [0.25, 0.3) is 5.91 Å². The molecule has 9 nitrogen and oxygen atoms in total. The standard InChI is InChI=1S/C23H27N5O2.C2HF3O2/c1-16-13-28(14-17(2)30-16)22(29)21-9-19(15-27(21)3)20-11-25-23(26-12-20)24-10-18-7-5-4-6-8-18;3-2(4,5)1(6)7/h4-9,11-12,15-17H,10,13-14H2,1-3H3,(H,24,25,26);(H,6,7). The summed E-state index contributed by atoms with van der Waals surface area (Å²) < 4.78 is 39.3. The molecule has 12 heteroatoms. The van der Waals surface area contributed by atoms with E-state index in [1.165, 1.54) is 5.56 Å². The van der Waals surface area contributed by atoms with Gasteiger partial charge in [0.05, 0.1) is 12.2 Å². The highest BCUT2D eigenvalue weighted by Crippen LogP contribution is 2.23. The van der Waals surface area contributed by atoms with Crippen molar-refractivity contribution in [1.29, 1.82) is 0 Å². The second-order valence-corrected chi connectivity index (χ2v) is 8.63. The van der Waals surface area contributed by atoms with E-state index in [1.807, 2.05) is 60.8 Å². The normalized spacial score (nSPS) is 17.5. The maximum atomic E-state index is 13.0. The lowest BCUT2D eigenvalue weighted by Gasteiger charge is -2.35. The predicted molar refractivity (Wildman–Crippen MR) is 130 cm³/mol. The van der Waals surface area contributed by atoms with Crippen LogP contribution < -0.4 is 5.32 Å². The van der Waals surface area contributed by atoms with Crippen molar-refractivity contribution in [3.8, 4) is 11.1 Å². The van der Waals surface area contributed by atoms with Gasteiger partial charge in [-0.15, -0.1) is 0 Å². The van der Waals surface area contributed by atoms with Gasteiger partial charge in [0.15, 0.2) is 0 Å². The van der Waals surface area contributed by atoms with Crippen LogP contribution in [0, 0.1) is 0 Å². The number of carbonyl (C=O) groups is 2. The molecule has 198 valence electrons. The summed E-state index contributed by atoms with van der Waals surface area (Å²) in [7, 11) is 1.89. The number of aliphatic carboxylic acids is 1. The Labute approximate surface area is 211 Å². The van der Waals surface area contributed by atoms with Crippen LogP contribution in [-0.4, -0.2) is 67.9 Å². The van der Waals surface area contributed by atoms with Crippen molar-refractivity contribution in [2.45, 2.75) is 38.8 Å². The molecule has 2 atom stereocenters. The molecule has 3 aromatic rings. The average molecular weight is 520 g/mol. The monoisotopic (exact) mass is 519 g/mol. The van der Waals surface area contributed by atoms with Gasteiger partial charge in [0, 0.05) is 56.4 Å². The molecule has 37 heavy (non-hydrogen) atoms. The zero-order chi connectivity index (χ0) is 27.2. The summed E-state index contributed by atoms with van der Waals surface area (Å²) >= 11 is 0. The van der Waals surface area contributed by atoms with E-state index in [1.54, 1.807) is 12.4 Å². The number of alkyl halides is 3. The summed E-state index contributed by atoms with van der Waals surface area (Å²) in [4.78, 5) is 32.6. The van der Waals surface area contributed by atoms with Crippen molar-refractivity contribution in [2.24, 2.45) is 7.05 Å². The zero-order valence-electron chi connectivity index (χ0n) is 20.6. The van der Waals surface area contributed by atoms with Gasteiger partial charge < -0.3 is 24.6 Å². The molecule has 4 rings (SSSR count). The van der Waals surface area contributed by atoms with E-state index in [2.05, 4.69) is 27.4 Å². The summed E-state index contributed by atoms with van der Waals surface area (Å²) in [5.74, 6) is -2.16. The molecule has 1 aromatic carbocycles. The molecule has 1 saturated heterocycles. The molecule has 0 aliphatic carbocycles. The topological polar surface area (TPSA) is 110 Å². The maximum Gasteiger partial charge on any atom is 0.490 e. The third kappa shape index (κ3) is 7.78. The molecular formula is C25H28F3N5O4. The number of nitrogens with zero attached hydrogens (tertiary/aromatic N) is 4. The largest absolute Gasteiger partial charge is 0.490 e. The van der Waals surface area contributed by atoms with E-state index < -0.39 is 12.1 Å². The number of hydrogen-bond acceptors (Lipinski definition) is 6. The highest BCUT2D eigenvalue weighted by molar-refractivity contribution is 5.94. The Bertz CT molecular complexity index is 1190. The Hall–Kier alpha value is -3.93. The fraction of sp³-hybridized carbons (Fsp3) is 0.360. The number of anilines is 1. The van der Waals surface area contributed by atoms with E-state index in [4.69, 9.17) is 14.6 Å². The highest BCUT2D eigenvalue weighted by atomic mass is 19.4. The van der Waals surface area contributed by atoms with Gasteiger partial charge in [-0.05, 0) is 25.5 Å². The number of hydrogen-bond donors (Lipinski definition) is 2. The predicted octanol–water partition coefficient (Wildman–Crippen LogP) is 3.98. The first-order valence-corrected chi connectivity index (χ1v) is 11.5. The van der Waals surface area contributed by atoms with Crippen molar-refractivity contribution in [1.82, 2.24) is 19.4 Å².